The molecule has 0 aromatic rings. The van der Waals surface area contributed by atoms with Gasteiger partial charge in [-0.2, -0.15) is 0 Å². The number of allylic oxidation sites excluding steroid dienone is 4. The van der Waals surface area contributed by atoms with E-state index in [1.54, 1.807) is 12.2 Å². The Morgan fingerprint density at radius 1 is 0.846 bits per heavy atom. The van der Waals surface area contributed by atoms with Crippen molar-refractivity contribution < 1.29 is 8.22 Å². The third-order valence-corrected chi connectivity index (χ3v) is 3.30. The van der Waals surface area contributed by atoms with E-state index < -0.39 is 8.74 Å². The van der Waals surface area contributed by atoms with Gasteiger partial charge in [-0.15, -0.1) is 0 Å². The molecule has 0 saturated carbocycles. The van der Waals surface area contributed by atoms with E-state index in [0.717, 1.165) is 12.8 Å². The Hall–Kier alpha value is -0.443. The van der Waals surface area contributed by atoms with E-state index in [0.29, 0.717) is 0 Å². The van der Waals surface area contributed by atoms with Crippen molar-refractivity contribution in [2.45, 2.75) is 38.8 Å². The van der Waals surface area contributed by atoms with Crippen LogP contribution in [0.5, 0.6) is 0 Å². The Balaban J connectivity index is 3.78. The lowest BCUT2D eigenvalue weighted by Gasteiger charge is -2.06. The van der Waals surface area contributed by atoms with Gasteiger partial charge in [0.1, 0.15) is 0 Å². The summed E-state index contributed by atoms with van der Waals surface area (Å²) in [7, 11) is -3.95. The van der Waals surface area contributed by atoms with Gasteiger partial charge in [0.15, 0.2) is 0 Å². The molecule has 0 amide bonds. The lowest BCUT2D eigenvalue weighted by molar-refractivity contribution is 0.607. The van der Waals surface area contributed by atoms with Crippen LogP contribution in [0.15, 0.2) is 24.3 Å². The zero-order chi connectivity index (χ0) is 10.2. The predicted molar refractivity (Wildman–Crippen MR) is 56.4 cm³/mol. The second-order valence-corrected chi connectivity index (χ2v) is 5.55. The van der Waals surface area contributed by atoms with Gasteiger partial charge in [-0.3, -0.25) is 8.22 Å². The van der Waals surface area contributed by atoms with Crippen LogP contribution in [0.2, 0.25) is 12.1 Å². The van der Waals surface area contributed by atoms with Crippen molar-refractivity contribution >= 4 is 8.74 Å². The average molecular weight is 204 g/mol. The lowest BCUT2D eigenvalue weighted by Crippen LogP contribution is -2.19. The van der Waals surface area contributed by atoms with E-state index in [-0.39, 0.29) is 12.1 Å². The third-order valence-electron chi connectivity index (χ3n) is 1.64. The second kappa shape index (κ2) is 7.01. The predicted octanol–water partition coefficient (Wildman–Crippen LogP) is 4.30. The van der Waals surface area contributed by atoms with E-state index >= 15 is 0 Å². The van der Waals surface area contributed by atoms with Crippen LogP contribution in [-0.4, -0.2) is 8.74 Å². The molecular weight excluding hydrogens is 186 g/mol. The Morgan fingerprint density at radius 3 is 1.54 bits per heavy atom. The molecule has 0 radical (unpaired) electrons. The second-order valence-electron chi connectivity index (χ2n) is 3.02. The van der Waals surface area contributed by atoms with Gasteiger partial charge in [0, 0.05) is 12.1 Å². The Kier molecular flexibility index (Phi) is 6.77. The van der Waals surface area contributed by atoms with Crippen LogP contribution in [-0.2, 0) is 0 Å². The molecule has 0 rings (SSSR count). The van der Waals surface area contributed by atoms with Crippen molar-refractivity contribution in [2.75, 3.05) is 0 Å². The summed E-state index contributed by atoms with van der Waals surface area (Å²) in [6, 6.07) is -0.0101. The quantitative estimate of drug-likeness (QED) is 0.344. The first-order valence-corrected chi connectivity index (χ1v) is 6.97. The third kappa shape index (κ3) is 7.90. The van der Waals surface area contributed by atoms with Crippen LogP contribution >= 0.6 is 0 Å². The van der Waals surface area contributed by atoms with E-state index in [1.807, 2.05) is 26.0 Å². The van der Waals surface area contributed by atoms with Crippen LogP contribution < -0.4 is 0 Å². The Morgan fingerprint density at radius 2 is 1.23 bits per heavy atom. The van der Waals surface area contributed by atoms with Gasteiger partial charge in [-0.25, -0.2) is 0 Å². The minimum atomic E-state index is -3.95. The molecule has 0 heterocycles. The molecule has 0 aromatic heterocycles. The first-order valence-electron chi connectivity index (χ1n) is 4.80. The molecular formula is C10H18F2Si. The van der Waals surface area contributed by atoms with Crippen LogP contribution in [0.25, 0.3) is 0 Å². The summed E-state index contributed by atoms with van der Waals surface area (Å²) in [5.41, 5.74) is 0. The highest BCUT2D eigenvalue weighted by atomic mass is 28.4. The molecule has 76 valence electrons. The maximum atomic E-state index is 13.1. The number of halogens is 2. The number of hydrogen-bond donors (Lipinski definition) is 0. The SMILES string of the molecule is CCC=CC[Si](F)(F)CC=CCC. The van der Waals surface area contributed by atoms with Crippen molar-refractivity contribution in [3.8, 4) is 0 Å². The van der Waals surface area contributed by atoms with Crippen LogP contribution in [0.4, 0.5) is 8.22 Å². The van der Waals surface area contributed by atoms with Crippen molar-refractivity contribution in [3.63, 3.8) is 0 Å². The lowest BCUT2D eigenvalue weighted by atomic mass is 10.4. The van der Waals surface area contributed by atoms with Gasteiger partial charge in [0.05, 0.1) is 0 Å². The Bertz CT molecular complexity index is 156. The first-order chi connectivity index (χ1) is 6.12. The molecule has 0 N–H and O–H groups in total. The highest BCUT2D eigenvalue weighted by Crippen LogP contribution is 2.20. The first kappa shape index (κ1) is 12.6. The van der Waals surface area contributed by atoms with Gasteiger partial charge in [-0.05, 0) is 12.8 Å². The molecule has 0 atom stereocenters. The average Bonchev–Trinajstić information content (AvgIpc) is 2.05. The van der Waals surface area contributed by atoms with Gasteiger partial charge < -0.3 is 0 Å². The maximum absolute atomic E-state index is 13.1. The van der Waals surface area contributed by atoms with E-state index in [4.69, 9.17) is 0 Å². The molecule has 0 saturated heterocycles. The summed E-state index contributed by atoms with van der Waals surface area (Å²) in [6.07, 6.45) is 8.54. The molecule has 0 aliphatic rings. The topological polar surface area (TPSA) is 0 Å². The largest absolute Gasteiger partial charge is 0.432 e. The van der Waals surface area contributed by atoms with Crippen molar-refractivity contribution in [2.24, 2.45) is 0 Å². The highest BCUT2D eigenvalue weighted by Gasteiger charge is 2.31. The fourth-order valence-corrected chi connectivity index (χ4v) is 2.12. The molecule has 0 aliphatic carbocycles. The van der Waals surface area contributed by atoms with Gasteiger partial charge in [-0.1, -0.05) is 38.2 Å². The summed E-state index contributed by atoms with van der Waals surface area (Å²) >= 11 is 0. The van der Waals surface area contributed by atoms with Gasteiger partial charge in [0.2, 0.25) is 0 Å². The minimum Gasteiger partial charge on any atom is -0.270 e. The molecule has 0 bridgehead atoms. The monoisotopic (exact) mass is 204 g/mol. The standard InChI is InChI=1S/C10H18F2Si/c1-3-5-7-9-13(11,12)10-8-6-4-2/h5-8H,3-4,9-10H2,1-2H3. The van der Waals surface area contributed by atoms with Crippen molar-refractivity contribution in [1.29, 1.82) is 0 Å². The molecule has 0 nitrogen and oxygen atoms in total. The van der Waals surface area contributed by atoms with Crippen LogP contribution in [0, 0.1) is 0 Å². The fourth-order valence-electron chi connectivity index (χ4n) is 0.928. The summed E-state index contributed by atoms with van der Waals surface area (Å²) in [5.74, 6) is 0. The fraction of sp³-hybridized carbons (Fsp3) is 0.600. The summed E-state index contributed by atoms with van der Waals surface area (Å²) in [6.45, 7) is 3.90. The zero-order valence-electron chi connectivity index (χ0n) is 8.39. The highest BCUT2D eigenvalue weighted by molar-refractivity contribution is 6.67. The minimum absolute atomic E-state index is 0.00507. The van der Waals surface area contributed by atoms with Crippen molar-refractivity contribution in [1.82, 2.24) is 0 Å². The zero-order valence-corrected chi connectivity index (χ0v) is 9.39. The number of hydrogen-bond acceptors (Lipinski definition) is 0. The molecule has 0 aliphatic heterocycles. The molecule has 13 heavy (non-hydrogen) atoms. The molecule has 0 aromatic carbocycles. The smallest absolute Gasteiger partial charge is 0.270 e. The Labute approximate surface area is 80.7 Å². The molecule has 0 fully saturated rings. The maximum Gasteiger partial charge on any atom is 0.432 e. The summed E-state index contributed by atoms with van der Waals surface area (Å²) in [5, 5.41) is 0. The normalized spacial score (nSPS) is 13.2. The van der Waals surface area contributed by atoms with E-state index in [1.165, 1.54) is 0 Å². The van der Waals surface area contributed by atoms with Gasteiger partial charge >= 0.3 is 8.74 Å². The van der Waals surface area contributed by atoms with Crippen LogP contribution in [0.1, 0.15) is 26.7 Å². The molecule has 0 unspecified atom stereocenters. The summed E-state index contributed by atoms with van der Waals surface area (Å²) < 4.78 is 26.2. The van der Waals surface area contributed by atoms with E-state index in [9.17, 15) is 8.22 Å². The van der Waals surface area contributed by atoms with Gasteiger partial charge in [0.25, 0.3) is 0 Å². The van der Waals surface area contributed by atoms with E-state index in [2.05, 4.69) is 0 Å². The van der Waals surface area contributed by atoms with Crippen LogP contribution in [0.3, 0.4) is 0 Å². The molecule has 0 spiro atoms. The van der Waals surface area contributed by atoms with Crippen molar-refractivity contribution in [3.05, 3.63) is 24.3 Å². The molecule has 3 heteroatoms. The summed E-state index contributed by atoms with van der Waals surface area (Å²) in [4.78, 5) is 0. The number of rotatable bonds is 6.